The standard InChI is InChI=1S/C14H14Br2N4/c15-13-6-4-11(17-19-13)9-2-1-3-10(8-9)12-5-7-14(16)20-18-12/h4-7,9-10H,1-3,8H2/t9-,10-/m0/s1. The van der Waals surface area contributed by atoms with Crippen LogP contribution in [-0.2, 0) is 0 Å². The van der Waals surface area contributed by atoms with Gasteiger partial charge in [-0.25, -0.2) is 0 Å². The molecule has 2 aromatic rings. The lowest BCUT2D eigenvalue weighted by molar-refractivity contribution is 0.379. The van der Waals surface area contributed by atoms with Crippen LogP contribution in [0.25, 0.3) is 0 Å². The predicted octanol–water partition coefficient (Wildman–Crippen LogP) is 4.23. The third-order valence-electron chi connectivity index (χ3n) is 3.82. The molecule has 0 unspecified atom stereocenters. The molecule has 2 aromatic heterocycles. The first-order valence-electron chi connectivity index (χ1n) is 6.70. The zero-order chi connectivity index (χ0) is 13.9. The Labute approximate surface area is 134 Å². The van der Waals surface area contributed by atoms with Crippen molar-refractivity contribution >= 4 is 31.9 Å². The molecule has 20 heavy (non-hydrogen) atoms. The van der Waals surface area contributed by atoms with Crippen molar-refractivity contribution in [1.82, 2.24) is 20.4 Å². The summed E-state index contributed by atoms with van der Waals surface area (Å²) in [7, 11) is 0. The molecule has 104 valence electrons. The molecule has 0 aliphatic heterocycles. The van der Waals surface area contributed by atoms with Crippen molar-refractivity contribution in [1.29, 1.82) is 0 Å². The third kappa shape index (κ3) is 3.23. The minimum absolute atomic E-state index is 0.472. The summed E-state index contributed by atoms with van der Waals surface area (Å²) in [5.74, 6) is 0.944. The molecule has 6 heteroatoms. The van der Waals surface area contributed by atoms with E-state index in [4.69, 9.17) is 0 Å². The molecule has 1 aliphatic rings. The maximum absolute atomic E-state index is 4.30. The molecule has 4 nitrogen and oxygen atoms in total. The summed E-state index contributed by atoms with van der Waals surface area (Å²) in [5, 5.41) is 16.8. The van der Waals surface area contributed by atoms with E-state index in [0.29, 0.717) is 11.8 Å². The van der Waals surface area contributed by atoms with Gasteiger partial charge in [0.1, 0.15) is 9.21 Å². The number of halogens is 2. The van der Waals surface area contributed by atoms with Gasteiger partial charge in [0.2, 0.25) is 0 Å². The normalized spacial score (nSPS) is 22.7. The van der Waals surface area contributed by atoms with Gasteiger partial charge in [-0.15, -0.1) is 10.2 Å². The molecule has 1 aliphatic carbocycles. The molecule has 2 atom stereocenters. The van der Waals surface area contributed by atoms with Crippen molar-refractivity contribution < 1.29 is 0 Å². The number of hydrogen-bond donors (Lipinski definition) is 0. The van der Waals surface area contributed by atoms with Crippen LogP contribution in [0.15, 0.2) is 33.5 Å². The molecular weight excluding hydrogens is 384 g/mol. The minimum Gasteiger partial charge on any atom is -0.154 e. The highest BCUT2D eigenvalue weighted by Crippen LogP contribution is 2.39. The van der Waals surface area contributed by atoms with E-state index in [-0.39, 0.29) is 0 Å². The Morgan fingerprint density at radius 3 is 1.65 bits per heavy atom. The summed E-state index contributed by atoms with van der Waals surface area (Å²) in [6.07, 6.45) is 4.63. The Bertz CT molecular complexity index is 519. The number of nitrogens with zero attached hydrogens (tertiary/aromatic N) is 4. The average Bonchev–Trinajstić information content (AvgIpc) is 2.49. The van der Waals surface area contributed by atoms with Crippen molar-refractivity contribution in [2.45, 2.75) is 37.5 Å². The molecule has 0 spiro atoms. The quantitative estimate of drug-likeness (QED) is 0.760. The summed E-state index contributed by atoms with van der Waals surface area (Å²) >= 11 is 6.66. The van der Waals surface area contributed by atoms with Gasteiger partial charge in [-0.3, -0.25) is 0 Å². The van der Waals surface area contributed by atoms with Gasteiger partial charge in [0.15, 0.2) is 0 Å². The first-order valence-corrected chi connectivity index (χ1v) is 8.29. The van der Waals surface area contributed by atoms with Crippen LogP contribution in [0.2, 0.25) is 0 Å². The lowest BCUT2D eigenvalue weighted by Gasteiger charge is -2.27. The van der Waals surface area contributed by atoms with Crippen LogP contribution in [0.3, 0.4) is 0 Å². The van der Waals surface area contributed by atoms with E-state index >= 15 is 0 Å². The lowest BCUT2D eigenvalue weighted by Crippen LogP contribution is -2.15. The van der Waals surface area contributed by atoms with Crippen molar-refractivity contribution in [3.05, 3.63) is 44.9 Å². The summed E-state index contributed by atoms with van der Waals surface area (Å²) in [4.78, 5) is 0. The number of hydrogen-bond acceptors (Lipinski definition) is 4. The summed E-state index contributed by atoms with van der Waals surface area (Å²) in [6, 6.07) is 8.06. The molecule has 0 radical (unpaired) electrons. The molecule has 0 bridgehead atoms. The molecule has 1 saturated carbocycles. The minimum atomic E-state index is 0.472. The molecule has 0 saturated heterocycles. The van der Waals surface area contributed by atoms with Crippen LogP contribution in [0.4, 0.5) is 0 Å². The van der Waals surface area contributed by atoms with E-state index in [9.17, 15) is 0 Å². The van der Waals surface area contributed by atoms with Gasteiger partial charge in [0, 0.05) is 11.8 Å². The van der Waals surface area contributed by atoms with Crippen molar-refractivity contribution in [3.8, 4) is 0 Å². The summed E-state index contributed by atoms with van der Waals surface area (Å²) in [6.45, 7) is 0. The van der Waals surface area contributed by atoms with Crippen molar-refractivity contribution in [2.75, 3.05) is 0 Å². The molecule has 3 rings (SSSR count). The lowest BCUT2D eigenvalue weighted by atomic mass is 9.78. The Hall–Kier alpha value is -0.880. The Balaban J connectivity index is 1.76. The van der Waals surface area contributed by atoms with Crippen molar-refractivity contribution in [3.63, 3.8) is 0 Å². The van der Waals surface area contributed by atoms with Crippen LogP contribution in [0, 0.1) is 0 Å². The van der Waals surface area contributed by atoms with Crippen LogP contribution >= 0.6 is 31.9 Å². The highest BCUT2D eigenvalue weighted by atomic mass is 79.9. The van der Waals surface area contributed by atoms with E-state index in [1.54, 1.807) is 0 Å². The Morgan fingerprint density at radius 2 is 1.25 bits per heavy atom. The SMILES string of the molecule is Brc1ccc([C@H]2CCC[C@H](c3ccc(Br)nn3)C2)nn1. The van der Waals surface area contributed by atoms with Gasteiger partial charge in [-0.1, -0.05) is 6.42 Å². The van der Waals surface area contributed by atoms with E-state index in [1.807, 2.05) is 12.1 Å². The highest BCUT2D eigenvalue weighted by Gasteiger charge is 2.26. The molecule has 0 aromatic carbocycles. The highest BCUT2D eigenvalue weighted by molar-refractivity contribution is 9.10. The van der Waals surface area contributed by atoms with E-state index in [0.717, 1.165) is 27.0 Å². The first kappa shape index (κ1) is 14.1. The van der Waals surface area contributed by atoms with Gasteiger partial charge in [-0.2, -0.15) is 10.2 Å². The number of aromatic nitrogens is 4. The molecule has 0 amide bonds. The van der Waals surface area contributed by atoms with Crippen LogP contribution in [-0.4, -0.2) is 20.4 Å². The molecule has 1 fully saturated rings. The Morgan fingerprint density at radius 1 is 0.750 bits per heavy atom. The van der Waals surface area contributed by atoms with Crippen molar-refractivity contribution in [2.24, 2.45) is 0 Å². The molecule has 2 heterocycles. The van der Waals surface area contributed by atoms with Gasteiger partial charge in [-0.05, 0) is 75.4 Å². The fourth-order valence-corrected chi connectivity index (χ4v) is 3.24. The van der Waals surface area contributed by atoms with Gasteiger partial charge < -0.3 is 0 Å². The fourth-order valence-electron chi connectivity index (χ4n) is 2.82. The van der Waals surface area contributed by atoms with Crippen LogP contribution < -0.4 is 0 Å². The Kier molecular flexibility index (Phi) is 4.41. The van der Waals surface area contributed by atoms with Crippen LogP contribution in [0.1, 0.15) is 48.9 Å². The third-order valence-corrected chi connectivity index (χ3v) is 4.66. The number of rotatable bonds is 2. The fraction of sp³-hybridized carbons (Fsp3) is 0.429. The van der Waals surface area contributed by atoms with Gasteiger partial charge in [0.25, 0.3) is 0 Å². The second kappa shape index (κ2) is 6.26. The first-order chi connectivity index (χ1) is 9.72. The van der Waals surface area contributed by atoms with E-state index in [2.05, 4.69) is 64.4 Å². The molecule has 0 N–H and O–H groups in total. The summed E-state index contributed by atoms with van der Waals surface area (Å²) < 4.78 is 1.57. The maximum atomic E-state index is 4.30. The van der Waals surface area contributed by atoms with E-state index in [1.165, 1.54) is 19.3 Å². The van der Waals surface area contributed by atoms with E-state index < -0.39 is 0 Å². The molecular formula is C14H14Br2N4. The largest absolute Gasteiger partial charge is 0.154 e. The van der Waals surface area contributed by atoms with Gasteiger partial charge >= 0.3 is 0 Å². The maximum Gasteiger partial charge on any atom is 0.128 e. The predicted molar refractivity (Wildman–Crippen MR) is 83.4 cm³/mol. The van der Waals surface area contributed by atoms with Gasteiger partial charge in [0.05, 0.1) is 11.4 Å². The second-order valence-electron chi connectivity index (χ2n) is 5.12. The topological polar surface area (TPSA) is 51.6 Å². The second-order valence-corrected chi connectivity index (χ2v) is 6.75. The van der Waals surface area contributed by atoms with Crippen LogP contribution in [0.5, 0.6) is 0 Å². The summed E-state index contributed by atoms with van der Waals surface area (Å²) in [5.41, 5.74) is 2.17. The zero-order valence-corrected chi connectivity index (χ0v) is 14.0. The smallest absolute Gasteiger partial charge is 0.128 e. The zero-order valence-electron chi connectivity index (χ0n) is 10.8. The monoisotopic (exact) mass is 396 g/mol. The average molecular weight is 398 g/mol.